The molecule has 0 radical (unpaired) electrons. The summed E-state index contributed by atoms with van der Waals surface area (Å²) < 4.78 is 10.5. The lowest BCUT2D eigenvalue weighted by atomic mass is 10.1. The predicted molar refractivity (Wildman–Crippen MR) is 112 cm³/mol. The maximum Gasteiger partial charge on any atom is 0.254 e. The Morgan fingerprint density at radius 2 is 1.52 bits per heavy atom. The molecule has 0 aliphatic carbocycles. The molecule has 1 fully saturated rings. The van der Waals surface area contributed by atoms with Crippen molar-refractivity contribution in [1.82, 2.24) is 9.80 Å². The van der Waals surface area contributed by atoms with E-state index in [2.05, 4.69) is 0 Å². The lowest BCUT2D eigenvalue weighted by Crippen LogP contribution is -2.51. The third kappa shape index (κ3) is 4.95. The summed E-state index contributed by atoms with van der Waals surface area (Å²) in [6.45, 7) is 1.92. The highest BCUT2D eigenvalue weighted by atomic mass is 35.5. The van der Waals surface area contributed by atoms with E-state index in [-0.39, 0.29) is 18.2 Å². The zero-order valence-corrected chi connectivity index (χ0v) is 17.8. The summed E-state index contributed by atoms with van der Waals surface area (Å²) in [5.41, 5.74) is 1.34. The third-order valence-corrected chi connectivity index (χ3v) is 5.63. The van der Waals surface area contributed by atoms with Gasteiger partial charge in [0.05, 0.1) is 30.7 Å². The van der Waals surface area contributed by atoms with Crippen molar-refractivity contribution < 1.29 is 19.1 Å². The average Bonchev–Trinajstić information content (AvgIpc) is 2.75. The molecule has 6 nitrogen and oxygen atoms in total. The van der Waals surface area contributed by atoms with Crippen LogP contribution in [-0.2, 0) is 11.2 Å². The number of hydrogen-bond donors (Lipinski definition) is 0. The van der Waals surface area contributed by atoms with E-state index in [9.17, 15) is 9.59 Å². The topological polar surface area (TPSA) is 59.1 Å². The monoisotopic (exact) mass is 436 g/mol. The molecule has 0 N–H and O–H groups in total. The number of ether oxygens (including phenoxy) is 2. The fourth-order valence-corrected chi connectivity index (χ4v) is 3.57. The number of carbonyl (C=O) groups excluding carboxylic acids is 2. The molecule has 2 amide bonds. The van der Waals surface area contributed by atoms with Crippen molar-refractivity contribution in [1.29, 1.82) is 0 Å². The van der Waals surface area contributed by atoms with E-state index in [0.717, 1.165) is 5.56 Å². The molecule has 29 heavy (non-hydrogen) atoms. The summed E-state index contributed by atoms with van der Waals surface area (Å²) in [6.07, 6.45) is 0.251. The van der Waals surface area contributed by atoms with Crippen LogP contribution in [0.5, 0.6) is 11.5 Å². The Balaban J connectivity index is 1.59. The molecule has 0 unspecified atom stereocenters. The van der Waals surface area contributed by atoms with Crippen molar-refractivity contribution in [2.45, 2.75) is 6.42 Å². The van der Waals surface area contributed by atoms with Gasteiger partial charge in [0.2, 0.25) is 5.91 Å². The number of hydrogen-bond acceptors (Lipinski definition) is 4. The maximum atomic E-state index is 12.8. The van der Waals surface area contributed by atoms with Crippen molar-refractivity contribution in [3.05, 3.63) is 57.6 Å². The zero-order chi connectivity index (χ0) is 21.0. The van der Waals surface area contributed by atoms with Crippen LogP contribution in [0.4, 0.5) is 0 Å². The number of methoxy groups -OCH3 is 2. The minimum Gasteiger partial charge on any atom is -0.493 e. The third-order valence-electron chi connectivity index (χ3n) is 4.89. The smallest absolute Gasteiger partial charge is 0.254 e. The molecule has 1 aliphatic heterocycles. The lowest BCUT2D eigenvalue weighted by Gasteiger charge is -2.35. The molecule has 1 heterocycles. The second-order valence-corrected chi connectivity index (χ2v) is 7.48. The van der Waals surface area contributed by atoms with Gasteiger partial charge in [-0.1, -0.05) is 29.3 Å². The number of nitrogens with zero attached hydrogens (tertiary/aromatic N) is 2. The summed E-state index contributed by atoms with van der Waals surface area (Å²) in [7, 11) is 3.08. The van der Waals surface area contributed by atoms with E-state index in [1.165, 1.54) is 7.11 Å². The molecule has 0 bridgehead atoms. The maximum absolute atomic E-state index is 12.8. The van der Waals surface area contributed by atoms with Crippen LogP contribution in [0.25, 0.3) is 0 Å². The summed E-state index contributed by atoms with van der Waals surface area (Å²) in [5, 5.41) is 0.896. The van der Waals surface area contributed by atoms with Gasteiger partial charge in [-0.3, -0.25) is 9.59 Å². The summed E-state index contributed by atoms with van der Waals surface area (Å²) >= 11 is 11.9. The van der Waals surface area contributed by atoms with Crippen LogP contribution in [-0.4, -0.2) is 62.0 Å². The normalized spacial score (nSPS) is 13.9. The second-order valence-electron chi connectivity index (χ2n) is 6.67. The number of piperazine rings is 1. The molecular formula is C21H22Cl2N2O4. The number of amides is 2. The Morgan fingerprint density at radius 3 is 2.14 bits per heavy atom. The van der Waals surface area contributed by atoms with E-state index >= 15 is 0 Å². The summed E-state index contributed by atoms with van der Waals surface area (Å²) in [4.78, 5) is 28.9. The number of halogens is 2. The summed E-state index contributed by atoms with van der Waals surface area (Å²) in [6, 6.07) is 10.3. The SMILES string of the molecule is COc1ccc(C(=O)N2CCN(C(=O)Cc3ccc(Cl)c(Cl)c3)CC2)cc1OC. The molecule has 1 saturated heterocycles. The molecule has 2 aromatic carbocycles. The number of rotatable bonds is 5. The largest absolute Gasteiger partial charge is 0.493 e. The first-order valence-corrected chi connectivity index (χ1v) is 9.91. The first-order chi connectivity index (χ1) is 13.9. The molecule has 1 aliphatic rings. The first kappa shape index (κ1) is 21.3. The van der Waals surface area contributed by atoms with Crippen molar-refractivity contribution in [2.75, 3.05) is 40.4 Å². The molecule has 154 valence electrons. The molecule has 0 spiro atoms. The van der Waals surface area contributed by atoms with E-state index in [0.29, 0.717) is 53.3 Å². The van der Waals surface area contributed by atoms with Crippen LogP contribution in [0.3, 0.4) is 0 Å². The van der Waals surface area contributed by atoms with E-state index in [1.54, 1.807) is 53.3 Å². The van der Waals surface area contributed by atoms with Crippen LogP contribution in [0.1, 0.15) is 15.9 Å². The first-order valence-electron chi connectivity index (χ1n) is 9.16. The molecule has 3 rings (SSSR count). The van der Waals surface area contributed by atoms with Gasteiger partial charge in [-0.25, -0.2) is 0 Å². The molecular weight excluding hydrogens is 415 g/mol. The van der Waals surface area contributed by atoms with Crippen molar-refractivity contribution in [3.8, 4) is 11.5 Å². The minimum atomic E-state index is -0.0949. The molecule has 0 saturated carbocycles. The Hall–Kier alpha value is -2.44. The predicted octanol–water partition coefficient (Wildman–Crippen LogP) is 3.54. The highest BCUT2D eigenvalue weighted by molar-refractivity contribution is 6.42. The number of benzene rings is 2. The quantitative estimate of drug-likeness (QED) is 0.718. The van der Waals surface area contributed by atoms with Crippen molar-refractivity contribution >= 4 is 35.0 Å². The Kier molecular flexibility index (Phi) is 6.87. The van der Waals surface area contributed by atoms with Gasteiger partial charge in [0.25, 0.3) is 5.91 Å². The highest BCUT2D eigenvalue weighted by Gasteiger charge is 2.25. The van der Waals surface area contributed by atoms with Crippen LogP contribution >= 0.6 is 23.2 Å². The van der Waals surface area contributed by atoms with Crippen LogP contribution in [0.15, 0.2) is 36.4 Å². The minimum absolute atomic E-state index is 0.00149. The average molecular weight is 437 g/mol. The van der Waals surface area contributed by atoms with Gasteiger partial charge >= 0.3 is 0 Å². The van der Waals surface area contributed by atoms with Gasteiger partial charge < -0.3 is 19.3 Å². The zero-order valence-electron chi connectivity index (χ0n) is 16.3. The number of carbonyl (C=O) groups is 2. The van der Waals surface area contributed by atoms with Gasteiger partial charge in [0.1, 0.15) is 0 Å². The Bertz CT molecular complexity index is 912. The van der Waals surface area contributed by atoms with Gasteiger partial charge in [0, 0.05) is 31.7 Å². The van der Waals surface area contributed by atoms with Crippen molar-refractivity contribution in [2.24, 2.45) is 0 Å². The van der Waals surface area contributed by atoms with Gasteiger partial charge in [0.15, 0.2) is 11.5 Å². The summed E-state index contributed by atoms with van der Waals surface area (Å²) in [5.74, 6) is 0.986. The van der Waals surface area contributed by atoms with Gasteiger partial charge in [-0.15, -0.1) is 0 Å². The van der Waals surface area contributed by atoms with Gasteiger partial charge in [-0.2, -0.15) is 0 Å². The fourth-order valence-electron chi connectivity index (χ4n) is 3.25. The molecule has 0 atom stereocenters. The van der Waals surface area contributed by atoms with Gasteiger partial charge in [-0.05, 0) is 35.9 Å². The van der Waals surface area contributed by atoms with E-state index in [4.69, 9.17) is 32.7 Å². The molecule has 8 heteroatoms. The molecule has 0 aromatic heterocycles. The standard InChI is InChI=1S/C21H22Cl2N2O4/c1-28-18-6-4-15(13-19(18)29-2)21(27)25-9-7-24(8-10-25)20(26)12-14-3-5-16(22)17(23)11-14/h3-6,11,13H,7-10,12H2,1-2H3. The molecule has 2 aromatic rings. The van der Waals surface area contributed by atoms with Crippen LogP contribution < -0.4 is 9.47 Å². The highest BCUT2D eigenvalue weighted by Crippen LogP contribution is 2.28. The Labute approximate surface area is 179 Å². The van der Waals surface area contributed by atoms with Crippen LogP contribution in [0.2, 0.25) is 10.0 Å². The Morgan fingerprint density at radius 1 is 0.862 bits per heavy atom. The van der Waals surface area contributed by atoms with E-state index in [1.807, 2.05) is 0 Å². The van der Waals surface area contributed by atoms with Crippen molar-refractivity contribution in [3.63, 3.8) is 0 Å². The van der Waals surface area contributed by atoms with E-state index < -0.39 is 0 Å². The fraction of sp³-hybridized carbons (Fsp3) is 0.333. The lowest BCUT2D eigenvalue weighted by molar-refractivity contribution is -0.131. The van der Waals surface area contributed by atoms with Crippen LogP contribution in [0, 0.1) is 0 Å². The second kappa shape index (κ2) is 9.37.